The van der Waals surface area contributed by atoms with E-state index in [1.54, 1.807) is 30.0 Å². The fourth-order valence-electron chi connectivity index (χ4n) is 3.29. The third-order valence-corrected chi connectivity index (χ3v) is 5.90. The van der Waals surface area contributed by atoms with Crippen LogP contribution in [0.5, 0.6) is 0 Å². The van der Waals surface area contributed by atoms with Crippen molar-refractivity contribution in [3.8, 4) is 0 Å². The Kier molecular flexibility index (Phi) is 5.36. The smallest absolute Gasteiger partial charge is 0.255 e. The molecule has 0 spiro atoms. The van der Waals surface area contributed by atoms with Crippen LogP contribution in [0.4, 0.5) is 15.8 Å². The van der Waals surface area contributed by atoms with E-state index >= 15 is 0 Å². The van der Waals surface area contributed by atoms with Gasteiger partial charge in [0.05, 0.1) is 5.75 Å². The van der Waals surface area contributed by atoms with Gasteiger partial charge in [-0.15, -0.1) is 11.8 Å². The second-order valence-corrected chi connectivity index (χ2v) is 7.92. The molecule has 1 saturated heterocycles. The first-order chi connectivity index (χ1) is 14.0. The van der Waals surface area contributed by atoms with Crippen LogP contribution >= 0.6 is 11.8 Å². The zero-order chi connectivity index (χ0) is 20.4. The van der Waals surface area contributed by atoms with Crippen LogP contribution in [-0.4, -0.2) is 17.6 Å². The largest absolute Gasteiger partial charge is 0.322 e. The van der Waals surface area contributed by atoms with Gasteiger partial charge in [0.15, 0.2) is 0 Å². The lowest BCUT2D eigenvalue weighted by molar-refractivity contribution is -0.115. The summed E-state index contributed by atoms with van der Waals surface area (Å²) in [6, 6.07) is 20.9. The Morgan fingerprint density at radius 2 is 1.83 bits per heavy atom. The van der Waals surface area contributed by atoms with Crippen molar-refractivity contribution in [2.75, 3.05) is 16.0 Å². The van der Waals surface area contributed by atoms with Crippen molar-refractivity contribution in [3.05, 3.63) is 95.3 Å². The first kappa shape index (κ1) is 19.2. The van der Waals surface area contributed by atoms with Crippen molar-refractivity contribution in [2.24, 2.45) is 0 Å². The molecule has 2 amide bonds. The van der Waals surface area contributed by atoms with Gasteiger partial charge in [0.1, 0.15) is 11.2 Å². The summed E-state index contributed by atoms with van der Waals surface area (Å²) in [7, 11) is 0. The molecule has 1 heterocycles. The standard InChI is InChI=1S/C23H19FN2O2S/c1-15-4-2-7-20(12-15)26-21(27)14-29-23(26)16-8-10-19(11-9-16)25-22(28)17-5-3-6-18(24)13-17/h2-13,23H,14H2,1H3,(H,25,28). The number of thioether (sulfide) groups is 1. The van der Waals surface area contributed by atoms with E-state index in [-0.39, 0.29) is 22.8 Å². The molecule has 0 bridgehead atoms. The van der Waals surface area contributed by atoms with E-state index in [4.69, 9.17) is 0 Å². The van der Waals surface area contributed by atoms with Gasteiger partial charge in [-0.25, -0.2) is 4.39 Å². The molecule has 0 saturated carbocycles. The monoisotopic (exact) mass is 406 g/mol. The van der Waals surface area contributed by atoms with Crippen molar-refractivity contribution < 1.29 is 14.0 Å². The molecule has 1 aliphatic heterocycles. The van der Waals surface area contributed by atoms with Crippen LogP contribution in [0.25, 0.3) is 0 Å². The summed E-state index contributed by atoms with van der Waals surface area (Å²) in [6.07, 6.45) is 0. The number of carbonyl (C=O) groups is 2. The van der Waals surface area contributed by atoms with E-state index in [1.807, 2.05) is 48.2 Å². The number of hydrogen-bond donors (Lipinski definition) is 1. The van der Waals surface area contributed by atoms with E-state index < -0.39 is 5.82 Å². The summed E-state index contributed by atoms with van der Waals surface area (Å²) in [5, 5.41) is 2.66. The molecule has 1 unspecified atom stereocenters. The van der Waals surface area contributed by atoms with Gasteiger partial charge in [-0.05, 0) is 60.5 Å². The topological polar surface area (TPSA) is 49.4 Å². The highest BCUT2D eigenvalue weighted by atomic mass is 32.2. The van der Waals surface area contributed by atoms with Crippen LogP contribution in [0.1, 0.15) is 26.9 Å². The third kappa shape index (κ3) is 4.17. The number of carbonyl (C=O) groups excluding carboxylic acids is 2. The van der Waals surface area contributed by atoms with Crippen molar-refractivity contribution >= 4 is 35.0 Å². The molecule has 0 aliphatic carbocycles. The lowest BCUT2D eigenvalue weighted by Crippen LogP contribution is -2.27. The van der Waals surface area contributed by atoms with Gasteiger partial charge in [0, 0.05) is 16.9 Å². The second-order valence-electron chi connectivity index (χ2n) is 6.85. The van der Waals surface area contributed by atoms with Gasteiger partial charge in [-0.3, -0.25) is 14.5 Å². The molecule has 4 nitrogen and oxygen atoms in total. The number of aryl methyl sites for hydroxylation is 1. The average molecular weight is 406 g/mol. The fourth-order valence-corrected chi connectivity index (χ4v) is 4.47. The molecule has 0 aromatic heterocycles. The summed E-state index contributed by atoms with van der Waals surface area (Å²) in [4.78, 5) is 26.6. The number of amides is 2. The predicted octanol–water partition coefficient (Wildman–Crippen LogP) is 5.17. The van der Waals surface area contributed by atoms with E-state index in [1.165, 1.54) is 18.2 Å². The molecule has 3 aromatic rings. The highest BCUT2D eigenvalue weighted by Gasteiger charge is 2.34. The van der Waals surface area contributed by atoms with E-state index in [2.05, 4.69) is 5.32 Å². The molecule has 146 valence electrons. The first-order valence-corrected chi connectivity index (χ1v) is 10.2. The van der Waals surface area contributed by atoms with Gasteiger partial charge in [0.2, 0.25) is 5.91 Å². The second kappa shape index (κ2) is 8.09. The quantitative estimate of drug-likeness (QED) is 0.651. The Morgan fingerprint density at radius 1 is 1.07 bits per heavy atom. The number of benzene rings is 3. The minimum atomic E-state index is -0.452. The summed E-state index contributed by atoms with van der Waals surface area (Å²) in [6.45, 7) is 2.00. The molecule has 1 aliphatic rings. The highest BCUT2D eigenvalue weighted by Crippen LogP contribution is 2.42. The van der Waals surface area contributed by atoms with Crippen LogP contribution in [0.3, 0.4) is 0 Å². The summed E-state index contributed by atoms with van der Waals surface area (Å²) in [5.41, 5.74) is 3.83. The summed E-state index contributed by atoms with van der Waals surface area (Å²) >= 11 is 1.58. The molecule has 6 heteroatoms. The van der Waals surface area contributed by atoms with Gasteiger partial charge >= 0.3 is 0 Å². The molecule has 29 heavy (non-hydrogen) atoms. The molecule has 3 aromatic carbocycles. The number of halogens is 1. The van der Waals surface area contributed by atoms with Crippen LogP contribution < -0.4 is 10.2 Å². The number of hydrogen-bond acceptors (Lipinski definition) is 3. The van der Waals surface area contributed by atoms with Crippen LogP contribution in [0.15, 0.2) is 72.8 Å². The average Bonchev–Trinajstić information content (AvgIpc) is 3.10. The SMILES string of the molecule is Cc1cccc(N2C(=O)CSC2c2ccc(NC(=O)c3cccc(F)c3)cc2)c1. The minimum Gasteiger partial charge on any atom is -0.322 e. The van der Waals surface area contributed by atoms with Gasteiger partial charge in [-0.2, -0.15) is 0 Å². The lowest BCUT2D eigenvalue weighted by Gasteiger charge is -2.25. The number of anilines is 2. The van der Waals surface area contributed by atoms with Crippen molar-refractivity contribution in [1.29, 1.82) is 0 Å². The number of nitrogens with zero attached hydrogens (tertiary/aromatic N) is 1. The van der Waals surface area contributed by atoms with E-state index in [9.17, 15) is 14.0 Å². The van der Waals surface area contributed by atoms with Crippen LogP contribution in [0, 0.1) is 12.7 Å². The Morgan fingerprint density at radius 3 is 2.55 bits per heavy atom. The first-order valence-electron chi connectivity index (χ1n) is 9.18. The normalized spacial score (nSPS) is 16.1. The van der Waals surface area contributed by atoms with E-state index in [0.29, 0.717) is 11.4 Å². The number of rotatable bonds is 4. The third-order valence-electron chi connectivity index (χ3n) is 4.69. The molecule has 1 N–H and O–H groups in total. The molecule has 4 rings (SSSR count). The van der Waals surface area contributed by atoms with Crippen molar-refractivity contribution in [2.45, 2.75) is 12.3 Å². The molecule has 1 fully saturated rings. The molecule has 0 radical (unpaired) electrons. The van der Waals surface area contributed by atoms with Crippen LogP contribution in [-0.2, 0) is 4.79 Å². The molecular weight excluding hydrogens is 387 g/mol. The minimum absolute atomic E-state index is 0.0779. The number of nitrogens with one attached hydrogen (secondary N) is 1. The lowest BCUT2D eigenvalue weighted by atomic mass is 10.1. The summed E-state index contributed by atoms with van der Waals surface area (Å²) < 4.78 is 13.3. The Hall–Kier alpha value is -3.12. The fraction of sp³-hybridized carbons (Fsp3) is 0.130. The van der Waals surface area contributed by atoms with Crippen molar-refractivity contribution in [3.63, 3.8) is 0 Å². The Balaban J connectivity index is 1.52. The Bertz CT molecular complexity index is 1070. The van der Waals surface area contributed by atoms with Gasteiger partial charge < -0.3 is 5.32 Å². The zero-order valence-corrected chi connectivity index (χ0v) is 16.6. The summed E-state index contributed by atoms with van der Waals surface area (Å²) in [5.74, 6) is -0.318. The maximum Gasteiger partial charge on any atom is 0.255 e. The Labute approximate surface area is 172 Å². The molecular formula is C23H19FN2O2S. The van der Waals surface area contributed by atoms with Gasteiger partial charge in [0.25, 0.3) is 5.91 Å². The highest BCUT2D eigenvalue weighted by molar-refractivity contribution is 8.00. The van der Waals surface area contributed by atoms with Crippen molar-refractivity contribution in [1.82, 2.24) is 0 Å². The van der Waals surface area contributed by atoms with Gasteiger partial charge in [-0.1, -0.05) is 30.3 Å². The maximum absolute atomic E-state index is 13.3. The maximum atomic E-state index is 13.3. The molecule has 1 atom stereocenters. The predicted molar refractivity (Wildman–Crippen MR) is 115 cm³/mol. The zero-order valence-electron chi connectivity index (χ0n) is 15.8. The van der Waals surface area contributed by atoms with Crippen LogP contribution in [0.2, 0.25) is 0 Å². The van der Waals surface area contributed by atoms with E-state index in [0.717, 1.165) is 16.8 Å².